The van der Waals surface area contributed by atoms with Crippen LogP contribution in [-0.4, -0.2) is 16.0 Å². The van der Waals surface area contributed by atoms with E-state index in [-0.39, 0.29) is 11.3 Å². The summed E-state index contributed by atoms with van der Waals surface area (Å²) in [6.45, 7) is 0. The molecule has 0 saturated heterocycles. The van der Waals surface area contributed by atoms with E-state index in [1.54, 1.807) is 12.1 Å². The van der Waals surface area contributed by atoms with E-state index in [1.807, 2.05) is 12.1 Å². The molecule has 0 atom stereocenters. The number of nitro groups is 1. The maximum Gasteiger partial charge on any atom is 0.337 e. The zero-order valence-corrected chi connectivity index (χ0v) is 12.2. The van der Waals surface area contributed by atoms with Gasteiger partial charge in [0.25, 0.3) is 5.69 Å². The highest BCUT2D eigenvalue weighted by Crippen LogP contribution is 2.29. The van der Waals surface area contributed by atoms with Crippen molar-refractivity contribution in [2.45, 2.75) is 10.6 Å². The zero-order chi connectivity index (χ0) is 15.4. The smallest absolute Gasteiger partial charge is 0.337 e. The van der Waals surface area contributed by atoms with Crippen LogP contribution < -0.4 is 0 Å². The lowest BCUT2D eigenvalue weighted by Gasteiger charge is -2.06. The second-order valence-corrected chi connectivity index (χ2v) is 5.61. The van der Waals surface area contributed by atoms with Crippen LogP contribution in [0.5, 0.6) is 0 Å². The first kappa shape index (κ1) is 15.3. The SMILES string of the molecule is O=C(O)c1cc([N+](=O)[O-])ccc1SCc1ccc(Cl)cc1. The van der Waals surface area contributed by atoms with Crippen LogP contribution in [0.4, 0.5) is 5.69 Å². The number of aromatic carboxylic acids is 1. The normalized spacial score (nSPS) is 10.3. The number of hydrogen-bond acceptors (Lipinski definition) is 4. The molecule has 0 aromatic heterocycles. The number of non-ortho nitro benzene ring substituents is 1. The Morgan fingerprint density at radius 3 is 2.48 bits per heavy atom. The molecule has 0 radical (unpaired) electrons. The molecule has 108 valence electrons. The van der Waals surface area contributed by atoms with E-state index in [1.165, 1.54) is 23.9 Å². The van der Waals surface area contributed by atoms with Crippen LogP contribution in [0.2, 0.25) is 5.02 Å². The van der Waals surface area contributed by atoms with Gasteiger partial charge < -0.3 is 5.11 Å². The maximum absolute atomic E-state index is 11.2. The molecule has 2 rings (SSSR count). The molecule has 0 amide bonds. The molecular weight excluding hydrogens is 314 g/mol. The third kappa shape index (κ3) is 3.96. The second kappa shape index (κ2) is 6.60. The molecule has 0 fully saturated rings. The number of nitrogens with zero attached hydrogens (tertiary/aromatic N) is 1. The van der Waals surface area contributed by atoms with E-state index >= 15 is 0 Å². The van der Waals surface area contributed by atoms with Crippen LogP contribution in [0.15, 0.2) is 47.4 Å². The topological polar surface area (TPSA) is 80.4 Å². The minimum Gasteiger partial charge on any atom is -0.478 e. The Hall–Kier alpha value is -2.05. The first-order valence-electron chi connectivity index (χ1n) is 5.86. The Balaban J connectivity index is 2.21. The molecule has 1 N–H and O–H groups in total. The van der Waals surface area contributed by atoms with Gasteiger partial charge in [-0.25, -0.2) is 4.79 Å². The maximum atomic E-state index is 11.2. The highest BCUT2D eigenvalue weighted by molar-refractivity contribution is 7.98. The van der Waals surface area contributed by atoms with E-state index in [0.717, 1.165) is 11.6 Å². The van der Waals surface area contributed by atoms with Crippen LogP contribution >= 0.6 is 23.4 Å². The summed E-state index contributed by atoms with van der Waals surface area (Å²) >= 11 is 7.10. The molecule has 0 heterocycles. The molecule has 2 aromatic carbocycles. The molecule has 21 heavy (non-hydrogen) atoms. The van der Waals surface area contributed by atoms with Crippen molar-refractivity contribution in [2.75, 3.05) is 0 Å². The standard InChI is InChI=1S/C14H10ClNO4S/c15-10-3-1-9(2-4-10)8-21-13-6-5-11(16(19)20)7-12(13)14(17)18/h1-7H,8H2,(H,17,18). The molecule has 0 aliphatic heterocycles. The second-order valence-electron chi connectivity index (χ2n) is 4.16. The van der Waals surface area contributed by atoms with Crippen molar-refractivity contribution in [3.63, 3.8) is 0 Å². The Labute approximate surface area is 129 Å². The van der Waals surface area contributed by atoms with Gasteiger partial charge in [-0.2, -0.15) is 0 Å². The lowest BCUT2D eigenvalue weighted by atomic mass is 10.2. The minimum atomic E-state index is -1.18. The Morgan fingerprint density at radius 2 is 1.90 bits per heavy atom. The van der Waals surface area contributed by atoms with Crippen molar-refractivity contribution in [2.24, 2.45) is 0 Å². The third-order valence-electron chi connectivity index (χ3n) is 2.71. The highest BCUT2D eigenvalue weighted by atomic mass is 35.5. The summed E-state index contributed by atoms with van der Waals surface area (Å²) in [6.07, 6.45) is 0. The van der Waals surface area contributed by atoms with Crippen molar-refractivity contribution in [1.29, 1.82) is 0 Å². The van der Waals surface area contributed by atoms with Crippen molar-refractivity contribution < 1.29 is 14.8 Å². The highest BCUT2D eigenvalue weighted by Gasteiger charge is 2.16. The van der Waals surface area contributed by atoms with Gasteiger partial charge in [-0.1, -0.05) is 23.7 Å². The van der Waals surface area contributed by atoms with Gasteiger partial charge in [0.15, 0.2) is 0 Å². The predicted molar refractivity (Wildman–Crippen MR) is 81.1 cm³/mol. The minimum absolute atomic E-state index is 0.0665. The van der Waals surface area contributed by atoms with Crippen LogP contribution in [0.1, 0.15) is 15.9 Å². The van der Waals surface area contributed by atoms with Gasteiger partial charge >= 0.3 is 5.97 Å². The fraction of sp³-hybridized carbons (Fsp3) is 0.0714. The summed E-state index contributed by atoms with van der Waals surface area (Å²) in [5.74, 6) is -0.632. The zero-order valence-electron chi connectivity index (χ0n) is 10.7. The number of nitro benzene ring substituents is 1. The van der Waals surface area contributed by atoms with Crippen molar-refractivity contribution in [3.05, 3.63) is 68.7 Å². The lowest BCUT2D eigenvalue weighted by Crippen LogP contribution is -2.00. The van der Waals surface area contributed by atoms with E-state index in [4.69, 9.17) is 16.7 Å². The number of benzene rings is 2. The van der Waals surface area contributed by atoms with E-state index in [9.17, 15) is 14.9 Å². The molecule has 0 saturated carbocycles. The Bertz CT molecular complexity index is 688. The number of carbonyl (C=O) groups is 1. The first-order chi connectivity index (χ1) is 9.97. The van der Waals surface area contributed by atoms with E-state index in [2.05, 4.69) is 0 Å². The predicted octanol–water partition coefficient (Wildman–Crippen LogP) is 4.24. The molecule has 0 aliphatic rings. The van der Waals surface area contributed by atoms with Crippen LogP contribution in [0.25, 0.3) is 0 Å². The molecule has 2 aromatic rings. The number of hydrogen-bond donors (Lipinski definition) is 1. The van der Waals surface area contributed by atoms with Gasteiger partial charge in [-0.05, 0) is 23.8 Å². The molecular formula is C14H10ClNO4S. The van der Waals surface area contributed by atoms with Crippen LogP contribution in [-0.2, 0) is 5.75 Å². The van der Waals surface area contributed by atoms with E-state index < -0.39 is 10.9 Å². The van der Waals surface area contributed by atoms with Gasteiger partial charge in [0, 0.05) is 27.8 Å². The van der Waals surface area contributed by atoms with Crippen LogP contribution in [0.3, 0.4) is 0 Å². The molecule has 7 heteroatoms. The Morgan fingerprint density at radius 1 is 1.24 bits per heavy atom. The fourth-order valence-electron chi connectivity index (χ4n) is 1.67. The molecule has 0 unspecified atom stereocenters. The third-order valence-corrected chi connectivity index (χ3v) is 4.11. The molecule has 0 spiro atoms. The quantitative estimate of drug-likeness (QED) is 0.505. The van der Waals surface area contributed by atoms with Crippen molar-refractivity contribution in [3.8, 4) is 0 Å². The molecule has 5 nitrogen and oxygen atoms in total. The molecule has 0 bridgehead atoms. The Kier molecular flexibility index (Phi) is 4.82. The summed E-state index contributed by atoms with van der Waals surface area (Å²) in [4.78, 5) is 21.8. The van der Waals surface area contributed by atoms with Gasteiger partial charge in [0.2, 0.25) is 0 Å². The van der Waals surface area contributed by atoms with Gasteiger partial charge in [-0.15, -0.1) is 11.8 Å². The first-order valence-corrected chi connectivity index (χ1v) is 7.22. The monoisotopic (exact) mass is 323 g/mol. The summed E-state index contributed by atoms with van der Waals surface area (Å²) in [5.41, 5.74) is 0.686. The fourth-order valence-corrected chi connectivity index (χ4v) is 2.77. The average molecular weight is 324 g/mol. The average Bonchev–Trinajstić information content (AvgIpc) is 2.46. The van der Waals surface area contributed by atoms with Crippen molar-refractivity contribution in [1.82, 2.24) is 0 Å². The summed E-state index contributed by atoms with van der Waals surface area (Å²) in [7, 11) is 0. The summed E-state index contributed by atoms with van der Waals surface area (Å²) in [5, 5.41) is 20.5. The van der Waals surface area contributed by atoms with Gasteiger partial charge in [0.05, 0.1) is 10.5 Å². The number of carboxylic acid groups (broad SMARTS) is 1. The number of halogens is 1. The number of carboxylic acids is 1. The van der Waals surface area contributed by atoms with Gasteiger partial charge in [0.1, 0.15) is 0 Å². The van der Waals surface area contributed by atoms with Gasteiger partial charge in [-0.3, -0.25) is 10.1 Å². The number of thioether (sulfide) groups is 1. The van der Waals surface area contributed by atoms with Crippen LogP contribution in [0, 0.1) is 10.1 Å². The summed E-state index contributed by atoms with van der Waals surface area (Å²) < 4.78 is 0. The molecule has 0 aliphatic carbocycles. The lowest BCUT2D eigenvalue weighted by molar-refractivity contribution is -0.384. The number of rotatable bonds is 5. The van der Waals surface area contributed by atoms with E-state index in [0.29, 0.717) is 15.7 Å². The largest absolute Gasteiger partial charge is 0.478 e. The van der Waals surface area contributed by atoms with Crippen molar-refractivity contribution >= 4 is 35.0 Å². The summed E-state index contributed by atoms with van der Waals surface area (Å²) in [6, 6.07) is 11.0.